The highest BCUT2D eigenvalue weighted by Gasteiger charge is 2.20. The molecule has 4 heteroatoms. The van der Waals surface area contributed by atoms with E-state index in [-0.39, 0.29) is 25.1 Å². The molecule has 0 aromatic heterocycles. The van der Waals surface area contributed by atoms with Crippen molar-refractivity contribution < 1.29 is 5.11 Å². The Kier molecular flexibility index (Phi) is 6.65. The topological polar surface area (TPSA) is 35.5 Å². The summed E-state index contributed by atoms with van der Waals surface area (Å²) in [6, 6.07) is 8.80. The fourth-order valence-corrected chi connectivity index (χ4v) is 2.40. The lowest BCUT2D eigenvalue weighted by Gasteiger charge is -2.34. The minimum atomic E-state index is 0. The first-order chi connectivity index (χ1) is 8.35. The predicted molar refractivity (Wildman–Crippen MR) is 77.3 cm³/mol. The van der Waals surface area contributed by atoms with Gasteiger partial charge in [-0.2, -0.15) is 0 Å². The Labute approximate surface area is 116 Å². The maximum Gasteiger partial charge on any atom is 0.0628 e. The number of piperazine rings is 1. The van der Waals surface area contributed by atoms with Gasteiger partial charge in [-0.05, 0) is 17.5 Å². The Bertz CT molecular complexity index is 336. The highest BCUT2D eigenvalue weighted by Crippen LogP contribution is 2.21. The van der Waals surface area contributed by atoms with Gasteiger partial charge >= 0.3 is 0 Å². The molecule has 0 aliphatic carbocycles. The number of aryl methyl sites for hydroxylation is 1. The number of nitrogens with one attached hydrogen (secondary N) is 1. The van der Waals surface area contributed by atoms with Crippen LogP contribution in [0.2, 0.25) is 0 Å². The van der Waals surface area contributed by atoms with Crippen LogP contribution in [-0.4, -0.2) is 42.8 Å². The van der Waals surface area contributed by atoms with Crippen LogP contribution in [0.1, 0.15) is 24.1 Å². The van der Waals surface area contributed by atoms with Gasteiger partial charge in [-0.15, -0.1) is 12.4 Å². The first-order valence-electron chi connectivity index (χ1n) is 6.49. The first-order valence-corrected chi connectivity index (χ1v) is 6.49. The van der Waals surface area contributed by atoms with Crippen LogP contribution in [0.4, 0.5) is 0 Å². The van der Waals surface area contributed by atoms with Gasteiger partial charge in [0.2, 0.25) is 0 Å². The van der Waals surface area contributed by atoms with Crippen LogP contribution in [0, 0.1) is 0 Å². The molecule has 0 spiro atoms. The molecule has 0 amide bonds. The van der Waals surface area contributed by atoms with Crippen LogP contribution in [-0.2, 0) is 6.42 Å². The van der Waals surface area contributed by atoms with Gasteiger partial charge in [-0.25, -0.2) is 0 Å². The monoisotopic (exact) mass is 270 g/mol. The Morgan fingerprint density at radius 1 is 1.22 bits per heavy atom. The highest BCUT2D eigenvalue weighted by atomic mass is 35.5. The Hall–Kier alpha value is -0.610. The molecule has 2 N–H and O–H groups in total. The van der Waals surface area contributed by atoms with Gasteiger partial charge in [0.15, 0.2) is 0 Å². The van der Waals surface area contributed by atoms with Gasteiger partial charge in [0, 0.05) is 26.2 Å². The standard InChI is InChI=1S/C14H22N2O.ClH/c1-2-12-3-5-13(6-4-12)14(11-17)16-9-7-15-8-10-16;/h3-6,14-15,17H,2,7-11H2,1H3;1H/t14-;/m0./s1. The predicted octanol–water partition coefficient (Wildman–Crippen LogP) is 1.61. The van der Waals surface area contributed by atoms with E-state index in [1.807, 2.05) is 0 Å². The molecule has 0 saturated carbocycles. The average Bonchev–Trinajstić information content (AvgIpc) is 2.42. The third-order valence-electron chi connectivity index (χ3n) is 3.54. The number of benzene rings is 1. The maximum atomic E-state index is 9.60. The number of halogens is 1. The van der Waals surface area contributed by atoms with E-state index in [9.17, 15) is 5.11 Å². The Morgan fingerprint density at radius 2 is 1.83 bits per heavy atom. The summed E-state index contributed by atoms with van der Waals surface area (Å²) in [5.74, 6) is 0. The zero-order chi connectivity index (χ0) is 12.1. The molecule has 0 bridgehead atoms. The Balaban J connectivity index is 0.00000162. The van der Waals surface area contributed by atoms with Crippen molar-refractivity contribution in [2.45, 2.75) is 19.4 Å². The van der Waals surface area contributed by atoms with Crippen molar-refractivity contribution in [2.75, 3.05) is 32.8 Å². The van der Waals surface area contributed by atoms with Crippen molar-refractivity contribution >= 4 is 12.4 Å². The molecule has 0 radical (unpaired) electrons. The molecule has 1 aromatic rings. The van der Waals surface area contributed by atoms with Gasteiger partial charge in [0.05, 0.1) is 12.6 Å². The smallest absolute Gasteiger partial charge is 0.0628 e. The summed E-state index contributed by atoms with van der Waals surface area (Å²) >= 11 is 0. The molecule has 1 aliphatic heterocycles. The van der Waals surface area contributed by atoms with Crippen LogP contribution in [0.25, 0.3) is 0 Å². The van der Waals surface area contributed by atoms with Crippen LogP contribution in [0.3, 0.4) is 0 Å². The van der Waals surface area contributed by atoms with E-state index >= 15 is 0 Å². The second kappa shape index (κ2) is 7.74. The van der Waals surface area contributed by atoms with Crippen LogP contribution < -0.4 is 5.32 Å². The van der Waals surface area contributed by atoms with Gasteiger partial charge in [0.25, 0.3) is 0 Å². The largest absolute Gasteiger partial charge is 0.394 e. The minimum absolute atomic E-state index is 0. The van der Waals surface area contributed by atoms with Gasteiger partial charge in [-0.1, -0.05) is 31.2 Å². The fourth-order valence-electron chi connectivity index (χ4n) is 2.40. The van der Waals surface area contributed by atoms with Crippen molar-refractivity contribution in [1.82, 2.24) is 10.2 Å². The summed E-state index contributed by atoms with van der Waals surface area (Å²) in [5, 5.41) is 12.9. The average molecular weight is 271 g/mol. The van der Waals surface area contributed by atoms with Crippen LogP contribution >= 0.6 is 12.4 Å². The normalized spacial score (nSPS) is 18.1. The summed E-state index contributed by atoms with van der Waals surface area (Å²) in [6.45, 7) is 6.43. The van der Waals surface area contributed by atoms with E-state index < -0.39 is 0 Å². The lowest BCUT2D eigenvalue weighted by atomic mass is 10.0. The number of rotatable bonds is 4. The molecule has 1 saturated heterocycles. The number of hydrogen-bond acceptors (Lipinski definition) is 3. The lowest BCUT2D eigenvalue weighted by molar-refractivity contribution is 0.111. The van der Waals surface area contributed by atoms with E-state index in [1.54, 1.807) is 0 Å². The highest BCUT2D eigenvalue weighted by molar-refractivity contribution is 5.85. The molecule has 2 rings (SSSR count). The van der Waals surface area contributed by atoms with Gasteiger partial charge in [0.1, 0.15) is 0 Å². The van der Waals surface area contributed by atoms with E-state index in [2.05, 4.69) is 41.4 Å². The summed E-state index contributed by atoms with van der Waals surface area (Å²) in [4.78, 5) is 2.36. The molecule has 102 valence electrons. The number of aliphatic hydroxyl groups excluding tert-OH is 1. The third-order valence-corrected chi connectivity index (χ3v) is 3.54. The van der Waals surface area contributed by atoms with E-state index in [0.29, 0.717) is 0 Å². The SMILES string of the molecule is CCc1ccc([C@H](CO)N2CCNCC2)cc1.Cl. The fraction of sp³-hybridized carbons (Fsp3) is 0.571. The molecule has 1 atom stereocenters. The summed E-state index contributed by atoms with van der Waals surface area (Å²) in [5.41, 5.74) is 2.58. The second-order valence-corrected chi connectivity index (χ2v) is 4.58. The molecular formula is C14H23ClN2O. The van der Waals surface area contributed by atoms with Gasteiger partial charge < -0.3 is 10.4 Å². The quantitative estimate of drug-likeness (QED) is 0.873. The maximum absolute atomic E-state index is 9.60. The van der Waals surface area contributed by atoms with Gasteiger partial charge in [-0.3, -0.25) is 4.90 Å². The van der Waals surface area contributed by atoms with Crippen molar-refractivity contribution in [3.63, 3.8) is 0 Å². The van der Waals surface area contributed by atoms with Crippen molar-refractivity contribution in [1.29, 1.82) is 0 Å². The van der Waals surface area contributed by atoms with Crippen molar-refractivity contribution in [3.05, 3.63) is 35.4 Å². The summed E-state index contributed by atoms with van der Waals surface area (Å²) in [6.07, 6.45) is 1.07. The van der Waals surface area contributed by atoms with Crippen LogP contribution in [0.15, 0.2) is 24.3 Å². The molecule has 3 nitrogen and oxygen atoms in total. The molecule has 1 aromatic carbocycles. The molecule has 18 heavy (non-hydrogen) atoms. The van der Waals surface area contributed by atoms with E-state index in [1.165, 1.54) is 11.1 Å². The molecular weight excluding hydrogens is 248 g/mol. The lowest BCUT2D eigenvalue weighted by Crippen LogP contribution is -2.46. The van der Waals surface area contributed by atoms with E-state index in [0.717, 1.165) is 32.6 Å². The molecule has 1 fully saturated rings. The number of aliphatic hydroxyl groups is 1. The molecule has 0 unspecified atom stereocenters. The zero-order valence-corrected chi connectivity index (χ0v) is 11.7. The van der Waals surface area contributed by atoms with Crippen LogP contribution in [0.5, 0.6) is 0 Å². The first kappa shape index (κ1) is 15.4. The second-order valence-electron chi connectivity index (χ2n) is 4.58. The molecule has 1 heterocycles. The summed E-state index contributed by atoms with van der Waals surface area (Å²) < 4.78 is 0. The zero-order valence-electron chi connectivity index (χ0n) is 10.9. The Morgan fingerprint density at radius 3 is 2.33 bits per heavy atom. The minimum Gasteiger partial charge on any atom is -0.394 e. The molecule has 1 aliphatic rings. The summed E-state index contributed by atoms with van der Waals surface area (Å²) in [7, 11) is 0. The van der Waals surface area contributed by atoms with E-state index in [4.69, 9.17) is 0 Å². The number of hydrogen-bond donors (Lipinski definition) is 2. The van der Waals surface area contributed by atoms with Crippen molar-refractivity contribution in [2.24, 2.45) is 0 Å². The third kappa shape index (κ3) is 3.69. The number of nitrogens with zero attached hydrogens (tertiary/aromatic N) is 1. The van der Waals surface area contributed by atoms with Crippen molar-refractivity contribution in [3.8, 4) is 0 Å².